The van der Waals surface area contributed by atoms with Crippen molar-refractivity contribution in [2.75, 3.05) is 30.8 Å². The molecule has 2 aromatic carbocycles. The number of nitrogens with zero attached hydrogens (tertiary/aromatic N) is 1. The predicted octanol–water partition coefficient (Wildman–Crippen LogP) is 2.74. The van der Waals surface area contributed by atoms with E-state index in [9.17, 15) is 17.6 Å². The summed E-state index contributed by atoms with van der Waals surface area (Å²) in [4.78, 5) is 12.0. The summed E-state index contributed by atoms with van der Waals surface area (Å²) in [5.74, 6) is 0.116. The lowest BCUT2D eigenvalue weighted by atomic mass is 10.1. The van der Waals surface area contributed by atoms with Gasteiger partial charge in [-0.3, -0.25) is 9.10 Å². The molecule has 1 N–H and O–H groups in total. The van der Waals surface area contributed by atoms with E-state index in [1.807, 2.05) is 0 Å². The Labute approximate surface area is 165 Å². The van der Waals surface area contributed by atoms with Gasteiger partial charge in [-0.05, 0) is 42.7 Å². The molecule has 0 aliphatic carbocycles. The van der Waals surface area contributed by atoms with Crippen LogP contribution in [0.5, 0.6) is 5.75 Å². The van der Waals surface area contributed by atoms with Crippen LogP contribution in [0.15, 0.2) is 48.5 Å². The predicted molar refractivity (Wildman–Crippen MR) is 108 cm³/mol. The third kappa shape index (κ3) is 6.84. The van der Waals surface area contributed by atoms with Crippen LogP contribution in [-0.2, 0) is 21.2 Å². The SMILES string of the molecule is COc1cccc(N(CCCC(=O)NCCc2ccc(F)cc2)S(C)(=O)=O)c1. The fourth-order valence-corrected chi connectivity index (χ4v) is 3.68. The Morgan fingerprint density at radius 2 is 1.89 bits per heavy atom. The van der Waals surface area contributed by atoms with Crippen LogP contribution in [0.4, 0.5) is 10.1 Å². The van der Waals surface area contributed by atoms with Gasteiger partial charge in [0.1, 0.15) is 11.6 Å². The maximum Gasteiger partial charge on any atom is 0.232 e. The highest BCUT2D eigenvalue weighted by Crippen LogP contribution is 2.23. The smallest absolute Gasteiger partial charge is 0.232 e. The highest BCUT2D eigenvalue weighted by atomic mass is 32.2. The molecule has 0 aliphatic rings. The third-order valence-corrected chi connectivity index (χ3v) is 5.35. The van der Waals surface area contributed by atoms with Gasteiger partial charge in [-0.2, -0.15) is 0 Å². The molecule has 0 fully saturated rings. The summed E-state index contributed by atoms with van der Waals surface area (Å²) in [7, 11) is -1.97. The second kappa shape index (κ2) is 10.1. The van der Waals surface area contributed by atoms with Crippen LogP contribution in [-0.4, -0.2) is 40.8 Å². The normalized spacial score (nSPS) is 11.1. The van der Waals surface area contributed by atoms with Crippen LogP contribution >= 0.6 is 0 Å². The van der Waals surface area contributed by atoms with Crippen LogP contribution in [0.2, 0.25) is 0 Å². The van der Waals surface area contributed by atoms with Crippen molar-refractivity contribution in [3.05, 3.63) is 59.9 Å². The molecule has 2 aromatic rings. The minimum Gasteiger partial charge on any atom is -0.497 e. The van der Waals surface area contributed by atoms with Crippen LogP contribution in [0.1, 0.15) is 18.4 Å². The van der Waals surface area contributed by atoms with Crippen molar-refractivity contribution in [3.63, 3.8) is 0 Å². The second-order valence-corrected chi connectivity index (χ2v) is 8.27. The molecule has 0 aromatic heterocycles. The number of methoxy groups -OCH3 is 1. The summed E-state index contributed by atoms with van der Waals surface area (Å²) in [5.41, 5.74) is 1.43. The monoisotopic (exact) mass is 408 g/mol. The zero-order valence-corrected chi connectivity index (χ0v) is 16.8. The van der Waals surface area contributed by atoms with Gasteiger partial charge in [-0.15, -0.1) is 0 Å². The minimum atomic E-state index is -3.48. The number of carbonyl (C=O) groups is 1. The van der Waals surface area contributed by atoms with E-state index in [0.29, 0.717) is 30.8 Å². The number of halogens is 1. The van der Waals surface area contributed by atoms with Crippen molar-refractivity contribution in [2.45, 2.75) is 19.3 Å². The fourth-order valence-electron chi connectivity index (χ4n) is 2.72. The van der Waals surface area contributed by atoms with Gasteiger partial charge in [0.05, 0.1) is 19.1 Å². The van der Waals surface area contributed by atoms with Crippen molar-refractivity contribution in [3.8, 4) is 5.75 Å². The summed E-state index contributed by atoms with van der Waals surface area (Å²) >= 11 is 0. The number of benzene rings is 2. The van der Waals surface area contributed by atoms with Crippen LogP contribution < -0.4 is 14.4 Å². The van der Waals surface area contributed by atoms with Crippen LogP contribution in [0.25, 0.3) is 0 Å². The molecule has 0 atom stereocenters. The number of rotatable bonds is 10. The maximum atomic E-state index is 12.9. The van der Waals surface area contributed by atoms with Gasteiger partial charge in [-0.1, -0.05) is 18.2 Å². The zero-order chi connectivity index (χ0) is 20.6. The Hall–Kier alpha value is -2.61. The van der Waals surface area contributed by atoms with Gasteiger partial charge in [0, 0.05) is 25.6 Å². The van der Waals surface area contributed by atoms with Gasteiger partial charge in [0.2, 0.25) is 15.9 Å². The standard InChI is InChI=1S/C20H25FN2O4S/c1-27-19-6-3-5-18(15-19)23(28(2,25)26)14-4-7-20(24)22-13-12-16-8-10-17(21)11-9-16/h3,5-6,8-11,15H,4,7,12-14H2,1-2H3,(H,22,24). The maximum absolute atomic E-state index is 12.9. The quantitative estimate of drug-likeness (QED) is 0.656. The van der Waals surface area contributed by atoms with Gasteiger partial charge >= 0.3 is 0 Å². The highest BCUT2D eigenvalue weighted by Gasteiger charge is 2.18. The van der Waals surface area contributed by atoms with Crippen molar-refractivity contribution in [1.82, 2.24) is 5.32 Å². The van der Waals surface area contributed by atoms with Gasteiger partial charge in [0.25, 0.3) is 0 Å². The molecule has 2 rings (SSSR count). The number of anilines is 1. The van der Waals surface area contributed by atoms with E-state index < -0.39 is 10.0 Å². The molecule has 8 heteroatoms. The minimum absolute atomic E-state index is 0.152. The average Bonchev–Trinajstić information content (AvgIpc) is 2.66. The van der Waals surface area contributed by atoms with E-state index in [0.717, 1.165) is 11.8 Å². The van der Waals surface area contributed by atoms with E-state index in [2.05, 4.69) is 5.32 Å². The molecule has 1 amide bonds. The first kappa shape index (κ1) is 21.7. The Bertz CT molecular complexity index is 885. The van der Waals surface area contributed by atoms with Crippen molar-refractivity contribution in [2.24, 2.45) is 0 Å². The molecule has 0 unspecified atom stereocenters. The molecule has 6 nitrogen and oxygen atoms in total. The zero-order valence-electron chi connectivity index (χ0n) is 16.0. The van der Waals surface area contributed by atoms with E-state index in [4.69, 9.17) is 4.74 Å². The number of carbonyl (C=O) groups excluding carboxylic acids is 1. The molecule has 0 bridgehead atoms. The Morgan fingerprint density at radius 3 is 2.54 bits per heavy atom. The molecular weight excluding hydrogens is 383 g/mol. The second-order valence-electron chi connectivity index (χ2n) is 6.37. The van der Waals surface area contributed by atoms with Gasteiger partial charge in [0.15, 0.2) is 0 Å². The lowest BCUT2D eigenvalue weighted by Gasteiger charge is -2.22. The van der Waals surface area contributed by atoms with Crippen molar-refractivity contribution >= 4 is 21.6 Å². The average molecular weight is 408 g/mol. The Balaban J connectivity index is 1.82. The van der Waals surface area contributed by atoms with Gasteiger partial charge < -0.3 is 10.1 Å². The van der Waals surface area contributed by atoms with Crippen LogP contribution in [0.3, 0.4) is 0 Å². The number of sulfonamides is 1. The lowest BCUT2D eigenvalue weighted by molar-refractivity contribution is -0.121. The molecule has 0 heterocycles. The van der Waals surface area contributed by atoms with Crippen molar-refractivity contribution < 1.29 is 22.3 Å². The third-order valence-electron chi connectivity index (χ3n) is 4.16. The highest BCUT2D eigenvalue weighted by molar-refractivity contribution is 7.92. The van der Waals surface area contributed by atoms with E-state index in [-0.39, 0.29) is 24.7 Å². The first-order valence-corrected chi connectivity index (χ1v) is 10.8. The molecule has 0 radical (unpaired) electrons. The Morgan fingerprint density at radius 1 is 1.18 bits per heavy atom. The summed E-state index contributed by atoms with van der Waals surface area (Å²) in [6.45, 7) is 0.632. The van der Waals surface area contributed by atoms with Crippen molar-refractivity contribution in [1.29, 1.82) is 0 Å². The number of ether oxygens (including phenoxy) is 1. The Kier molecular flexibility index (Phi) is 7.80. The van der Waals surface area contributed by atoms with E-state index in [1.54, 1.807) is 36.4 Å². The molecule has 0 saturated carbocycles. The molecule has 0 saturated heterocycles. The summed E-state index contributed by atoms with van der Waals surface area (Å²) in [6.07, 6.45) is 2.33. The molecule has 0 spiro atoms. The van der Waals surface area contributed by atoms with Crippen LogP contribution in [0, 0.1) is 5.82 Å². The number of amides is 1. The summed E-state index contributed by atoms with van der Waals surface area (Å²) in [6, 6.07) is 12.9. The molecule has 152 valence electrons. The largest absolute Gasteiger partial charge is 0.497 e. The van der Waals surface area contributed by atoms with E-state index in [1.165, 1.54) is 23.5 Å². The number of nitrogens with one attached hydrogen (secondary N) is 1. The first-order chi connectivity index (χ1) is 13.3. The molecule has 28 heavy (non-hydrogen) atoms. The molecule has 0 aliphatic heterocycles. The van der Waals surface area contributed by atoms with E-state index >= 15 is 0 Å². The fraction of sp³-hybridized carbons (Fsp3) is 0.350. The summed E-state index contributed by atoms with van der Waals surface area (Å²) < 4.78 is 43.5. The summed E-state index contributed by atoms with van der Waals surface area (Å²) in [5, 5.41) is 2.80. The number of hydrogen-bond donors (Lipinski definition) is 1. The first-order valence-electron chi connectivity index (χ1n) is 8.92. The lowest BCUT2D eigenvalue weighted by Crippen LogP contribution is -2.32. The molecular formula is C20H25FN2O4S. The number of hydrogen-bond acceptors (Lipinski definition) is 4. The topological polar surface area (TPSA) is 75.7 Å². The van der Waals surface area contributed by atoms with Gasteiger partial charge in [-0.25, -0.2) is 12.8 Å².